The summed E-state index contributed by atoms with van der Waals surface area (Å²) in [7, 11) is 0. The van der Waals surface area contributed by atoms with Crippen LogP contribution in [0.4, 0.5) is 10.2 Å². The van der Waals surface area contributed by atoms with E-state index in [1.807, 2.05) is 6.07 Å². The highest BCUT2D eigenvalue weighted by Gasteiger charge is 2.32. The molecule has 0 atom stereocenters. The zero-order chi connectivity index (χ0) is 18.8. The van der Waals surface area contributed by atoms with Gasteiger partial charge in [-0.1, -0.05) is 0 Å². The van der Waals surface area contributed by atoms with E-state index in [-0.39, 0.29) is 42.6 Å². The van der Waals surface area contributed by atoms with Crippen molar-refractivity contribution in [1.29, 1.82) is 0 Å². The molecule has 0 spiro atoms. The average Bonchev–Trinajstić information content (AvgIpc) is 3.48. The Balaban J connectivity index is 0.00000150. The van der Waals surface area contributed by atoms with Crippen LogP contribution in [0.15, 0.2) is 30.3 Å². The molecule has 0 radical (unpaired) electrons. The molecule has 1 aromatic carbocycles. The summed E-state index contributed by atoms with van der Waals surface area (Å²) in [6, 6.07) is 7.79. The lowest BCUT2D eigenvalue weighted by Gasteiger charge is -2.32. The summed E-state index contributed by atoms with van der Waals surface area (Å²) in [5.74, 6) is 2.06. The Morgan fingerprint density at radius 1 is 1.07 bits per heavy atom. The van der Waals surface area contributed by atoms with Gasteiger partial charge in [-0.05, 0) is 49.9 Å². The van der Waals surface area contributed by atoms with Crippen molar-refractivity contribution in [3.05, 3.63) is 53.2 Å². The molecule has 0 saturated heterocycles. The first-order valence-electron chi connectivity index (χ1n) is 9.50. The van der Waals surface area contributed by atoms with Gasteiger partial charge in [-0.2, -0.15) is 0 Å². The molecular weight excluding hydrogens is 416 g/mol. The molecular formula is C20H26Cl2FN5O. The highest BCUT2D eigenvalue weighted by atomic mass is 35.5. The Morgan fingerprint density at radius 3 is 2.38 bits per heavy atom. The second-order valence-electron chi connectivity index (χ2n) is 7.43. The first-order valence-corrected chi connectivity index (χ1v) is 9.50. The fourth-order valence-corrected chi connectivity index (χ4v) is 3.28. The van der Waals surface area contributed by atoms with Crippen LogP contribution in [-0.2, 0) is 0 Å². The summed E-state index contributed by atoms with van der Waals surface area (Å²) >= 11 is 0. The van der Waals surface area contributed by atoms with Crippen molar-refractivity contribution < 1.29 is 9.18 Å². The number of carbonyl (C=O) groups is 1. The number of nitrogens with zero attached hydrogens (tertiary/aromatic N) is 2. The number of rotatable bonds is 7. The number of carbonyl (C=O) groups excluding carboxylic acids is 1. The molecule has 2 aliphatic rings. The lowest BCUT2D eigenvalue weighted by molar-refractivity contribution is 0.0955. The molecule has 4 N–H and O–H groups in total. The average molecular weight is 442 g/mol. The summed E-state index contributed by atoms with van der Waals surface area (Å²) in [4.78, 5) is 21.4. The minimum absolute atomic E-state index is 0. The quantitative estimate of drug-likeness (QED) is 0.572. The zero-order valence-electron chi connectivity index (χ0n) is 15.9. The van der Waals surface area contributed by atoms with Crippen molar-refractivity contribution >= 4 is 36.5 Å². The third kappa shape index (κ3) is 6.01. The number of nitrogens with two attached hydrogens (primary N) is 1. The molecule has 2 saturated carbocycles. The molecule has 2 aliphatic carbocycles. The molecule has 1 heterocycles. The van der Waals surface area contributed by atoms with E-state index < -0.39 is 0 Å². The van der Waals surface area contributed by atoms with Crippen LogP contribution in [0.5, 0.6) is 0 Å². The Morgan fingerprint density at radius 2 is 1.76 bits per heavy atom. The third-order valence-corrected chi connectivity index (χ3v) is 5.12. The summed E-state index contributed by atoms with van der Waals surface area (Å²) in [6.45, 7) is 1.00. The molecule has 1 aromatic heterocycles. The van der Waals surface area contributed by atoms with Gasteiger partial charge in [-0.25, -0.2) is 14.4 Å². The molecule has 0 bridgehead atoms. The number of hydrogen-bond acceptors (Lipinski definition) is 5. The molecule has 29 heavy (non-hydrogen) atoms. The van der Waals surface area contributed by atoms with Crippen LogP contribution in [0.3, 0.4) is 0 Å². The second kappa shape index (κ2) is 10.2. The van der Waals surface area contributed by atoms with Crippen LogP contribution in [-0.4, -0.2) is 35.0 Å². The van der Waals surface area contributed by atoms with Gasteiger partial charge in [-0.15, -0.1) is 24.8 Å². The maximum atomic E-state index is 12.9. The molecule has 2 aromatic rings. The standard InChI is InChI=1S/C20H24FN5O.2ClH/c21-15-5-3-13(4-6-15)20(27)24-8-7-23-18-11-17(14-9-16(22)10-14)25-19(26-18)12-1-2-12;;/h3-6,11-12,14,16H,1-2,7-10,22H2,(H,24,27)(H,23,25,26);2*1H. The Bertz CT molecular complexity index is 826. The molecule has 158 valence electrons. The SMILES string of the molecule is Cl.Cl.NC1CC(c2cc(NCCNC(=O)c3ccc(F)cc3)nc(C3CC3)n2)C1. The number of anilines is 1. The van der Waals surface area contributed by atoms with Crippen molar-refractivity contribution in [3.63, 3.8) is 0 Å². The second-order valence-corrected chi connectivity index (χ2v) is 7.43. The van der Waals surface area contributed by atoms with Gasteiger partial charge in [-0.3, -0.25) is 4.79 Å². The summed E-state index contributed by atoms with van der Waals surface area (Å²) in [5, 5.41) is 6.10. The lowest BCUT2D eigenvalue weighted by Crippen LogP contribution is -2.35. The smallest absolute Gasteiger partial charge is 0.251 e. The van der Waals surface area contributed by atoms with E-state index in [2.05, 4.69) is 15.6 Å². The first-order chi connectivity index (χ1) is 13.1. The predicted octanol–water partition coefficient (Wildman–Crippen LogP) is 3.38. The van der Waals surface area contributed by atoms with Gasteiger partial charge in [0.05, 0.1) is 0 Å². The van der Waals surface area contributed by atoms with Crippen molar-refractivity contribution in [3.8, 4) is 0 Å². The van der Waals surface area contributed by atoms with E-state index in [0.717, 1.165) is 43.0 Å². The van der Waals surface area contributed by atoms with E-state index in [9.17, 15) is 9.18 Å². The fourth-order valence-electron chi connectivity index (χ4n) is 3.28. The van der Waals surface area contributed by atoms with Crippen LogP contribution in [0.2, 0.25) is 0 Å². The van der Waals surface area contributed by atoms with Crippen molar-refractivity contribution in [1.82, 2.24) is 15.3 Å². The fraction of sp³-hybridized carbons (Fsp3) is 0.450. The largest absolute Gasteiger partial charge is 0.368 e. The van der Waals surface area contributed by atoms with Crippen molar-refractivity contribution in [2.75, 3.05) is 18.4 Å². The highest BCUT2D eigenvalue weighted by Crippen LogP contribution is 2.41. The van der Waals surface area contributed by atoms with Crippen molar-refractivity contribution in [2.24, 2.45) is 5.73 Å². The number of benzene rings is 1. The van der Waals surface area contributed by atoms with Gasteiger partial charge >= 0.3 is 0 Å². The number of nitrogens with one attached hydrogen (secondary N) is 2. The molecule has 6 nitrogen and oxygen atoms in total. The predicted molar refractivity (Wildman–Crippen MR) is 116 cm³/mol. The molecule has 2 fully saturated rings. The normalized spacial score (nSPS) is 19.9. The van der Waals surface area contributed by atoms with E-state index in [1.165, 1.54) is 24.3 Å². The molecule has 0 aliphatic heterocycles. The minimum atomic E-state index is -0.355. The van der Waals surface area contributed by atoms with Gasteiger partial charge < -0.3 is 16.4 Å². The van der Waals surface area contributed by atoms with E-state index in [1.54, 1.807) is 0 Å². The summed E-state index contributed by atoms with van der Waals surface area (Å²) < 4.78 is 12.9. The Hall–Kier alpha value is -1.96. The summed E-state index contributed by atoms with van der Waals surface area (Å²) in [6.07, 6.45) is 4.27. The van der Waals surface area contributed by atoms with E-state index in [4.69, 9.17) is 10.7 Å². The summed E-state index contributed by atoms with van der Waals surface area (Å²) in [5.41, 5.74) is 7.44. The van der Waals surface area contributed by atoms with Crippen LogP contribution >= 0.6 is 24.8 Å². The van der Waals surface area contributed by atoms with Crippen molar-refractivity contribution in [2.45, 2.75) is 43.6 Å². The van der Waals surface area contributed by atoms with Gasteiger partial charge in [0.15, 0.2) is 0 Å². The Kier molecular flexibility index (Phi) is 8.19. The van der Waals surface area contributed by atoms with Crippen LogP contribution in [0, 0.1) is 5.82 Å². The zero-order valence-corrected chi connectivity index (χ0v) is 17.6. The number of aromatic nitrogens is 2. The van der Waals surface area contributed by atoms with Gasteiger partial charge in [0.1, 0.15) is 17.5 Å². The number of hydrogen-bond donors (Lipinski definition) is 3. The van der Waals surface area contributed by atoms with Gasteiger partial charge in [0.25, 0.3) is 5.91 Å². The minimum Gasteiger partial charge on any atom is -0.368 e. The van der Waals surface area contributed by atoms with E-state index >= 15 is 0 Å². The molecule has 1 amide bonds. The lowest BCUT2D eigenvalue weighted by atomic mass is 9.78. The Labute approximate surface area is 182 Å². The third-order valence-electron chi connectivity index (χ3n) is 5.12. The number of amides is 1. The maximum absolute atomic E-state index is 12.9. The van der Waals surface area contributed by atoms with Gasteiger partial charge in [0, 0.05) is 48.3 Å². The van der Waals surface area contributed by atoms with E-state index in [0.29, 0.717) is 30.5 Å². The first kappa shape index (κ1) is 23.3. The van der Waals surface area contributed by atoms with Gasteiger partial charge in [0.2, 0.25) is 0 Å². The highest BCUT2D eigenvalue weighted by molar-refractivity contribution is 5.94. The maximum Gasteiger partial charge on any atom is 0.251 e. The molecule has 9 heteroatoms. The topological polar surface area (TPSA) is 92.9 Å². The number of halogens is 3. The molecule has 4 rings (SSSR count). The monoisotopic (exact) mass is 441 g/mol. The molecule has 0 unspecified atom stereocenters. The van der Waals surface area contributed by atoms with Crippen LogP contribution in [0.1, 0.15) is 59.4 Å². The van der Waals surface area contributed by atoms with Crippen LogP contribution in [0.25, 0.3) is 0 Å². The van der Waals surface area contributed by atoms with Crippen LogP contribution < -0.4 is 16.4 Å².